The van der Waals surface area contributed by atoms with Crippen molar-refractivity contribution in [1.82, 2.24) is 4.90 Å². The van der Waals surface area contributed by atoms with Crippen LogP contribution in [0.3, 0.4) is 0 Å². The lowest BCUT2D eigenvalue weighted by Crippen LogP contribution is -2.30. The van der Waals surface area contributed by atoms with Gasteiger partial charge in [-0.05, 0) is 44.2 Å². The summed E-state index contributed by atoms with van der Waals surface area (Å²) in [6.07, 6.45) is 0. The van der Waals surface area contributed by atoms with Crippen LogP contribution in [0.4, 0.5) is 5.69 Å². The Hall–Kier alpha value is -2.54. The van der Waals surface area contributed by atoms with Crippen molar-refractivity contribution < 1.29 is 17.9 Å². The molecular formula is C18H22N2O4S. The smallest absolute Gasteiger partial charge is 0.262 e. The zero-order valence-electron chi connectivity index (χ0n) is 14.5. The number of nitrogens with one attached hydrogen (secondary N) is 1. The molecule has 0 unspecified atom stereocenters. The van der Waals surface area contributed by atoms with Crippen LogP contribution in [0, 0.1) is 0 Å². The molecule has 0 aromatic heterocycles. The van der Waals surface area contributed by atoms with Crippen molar-refractivity contribution in [2.45, 2.75) is 18.7 Å². The van der Waals surface area contributed by atoms with Crippen LogP contribution >= 0.6 is 0 Å². The minimum absolute atomic E-state index is 0.0245. The van der Waals surface area contributed by atoms with E-state index in [9.17, 15) is 13.2 Å². The summed E-state index contributed by atoms with van der Waals surface area (Å²) in [5.41, 5.74) is 0.678. The van der Waals surface area contributed by atoms with Crippen LogP contribution in [0.1, 0.15) is 24.2 Å². The fourth-order valence-electron chi connectivity index (χ4n) is 2.42. The Morgan fingerprint density at radius 3 is 2.40 bits per heavy atom. The summed E-state index contributed by atoms with van der Waals surface area (Å²) < 4.78 is 33.0. The number of amides is 1. The third-order valence-corrected chi connectivity index (χ3v) is 5.16. The number of carbonyl (C=O) groups is 1. The Kier molecular flexibility index (Phi) is 6.03. The molecule has 7 heteroatoms. The van der Waals surface area contributed by atoms with Gasteiger partial charge < -0.3 is 9.64 Å². The topological polar surface area (TPSA) is 75.7 Å². The second-order valence-electron chi connectivity index (χ2n) is 5.31. The monoisotopic (exact) mass is 362 g/mol. The van der Waals surface area contributed by atoms with Crippen LogP contribution in [0.2, 0.25) is 0 Å². The molecule has 0 spiro atoms. The zero-order valence-corrected chi connectivity index (χ0v) is 15.3. The van der Waals surface area contributed by atoms with E-state index in [1.54, 1.807) is 41.3 Å². The van der Waals surface area contributed by atoms with Crippen molar-refractivity contribution >= 4 is 21.6 Å². The number of carbonyl (C=O) groups excluding carboxylic acids is 1. The minimum Gasteiger partial charge on any atom is -0.495 e. The highest BCUT2D eigenvalue weighted by Crippen LogP contribution is 2.26. The van der Waals surface area contributed by atoms with Crippen molar-refractivity contribution in [2.75, 3.05) is 24.9 Å². The molecule has 0 heterocycles. The third kappa shape index (κ3) is 4.30. The van der Waals surface area contributed by atoms with Gasteiger partial charge in [-0.3, -0.25) is 9.52 Å². The summed E-state index contributed by atoms with van der Waals surface area (Å²) in [6, 6.07) is 12.8. The minimum atomic E-state index is -3.84. The Morgan fingerprint density at radius 1 is 1.08 bits per heavy atom. The Balaban J connectivity index is 2.34. The van der Waals surface area contributed by atoms with Crippen molar-refractivity contribution in [3.63, 3.8) is 0 Å². The molecule has 134 valence electrons. The van der Waals surface area contributed by atoms with Crippen LogP contribution in [0.25, 0.3) is 0 Å². The quantitative estimate of drug-likeness (QED) is 0.822. The number of hydrogen-bond donors (Lipinski definition) is 1. The van der Waals surface area contributed by atoms with Gasteiger partial charge in [0.1, 0.15) is 5.75 Å². The average Bonchev–Trinajstić information content (AvgIpc) is 2.63. The number of hydrogen-bond acceptors (Lipinski definition) is 4. The fourth-order valence-corrected chi connectivity index (χ4v) is 3.54. The van der Waals surface area contributed by atoms with E-state index in [-0.39, 0.29) is 10.8 Å². The van der Waals surface area contributed by atoms with Gasteiger partial charge in [0.2, 0.25) is 0 Å². The molecule has 0 bridgehead atoms. The molecule has 0 saturated heterocycles. The van der Waals surface area contributed by atoms with E-state index >= 15 is 0 Å². The van der Waals surface area contributed by atoms with E-state index in [1.807, 2.05) is 13.8 Å². The van der Waals surface area contributed by atoms with Gasteiger partial charge in [0, 0.05) is 18.7 Å². The van der Waals surface area contributed by atoms with Crippen LogP contribution in [-0.4, -0.2) is 39.4 Å². The molecule has 25 heavy (non-hydrogen) atoms. The highest BCUT2D eigenvalue weighted by Gasteiger charge is 2.19. The largest absolute Gasteiger partial charge is 0.495 e. The van der Waals surface area contributed by atoms with E-state index in [0.29, 0.717) is 30.1 Å². The fraction of sp³-hybridized carbons (Fsp3) is 0.278. The van der Waals surface area contributed by atoms with E-state index in [0.717, 1.165) is 0 Å². The van der Waals surface area contributed by atoms with E-state index < -0.39 is 10.0 Å². The van der Waals surface area contributed by atoms with Gasteiger partial charge in [0.25, 0.3) is 15.9 Å². The van der Waals surface area contributed by atoms with Crippen LogP contribution in [0.5, 0.6) is 5.75 Å². The predicted octanol–water partition coefficient (Wildman–Crippen LogP) is 2.98. The van der Waals surface area contributed by atoms with Gasteiger partial charge in [0.15, 0.2) is 0 Å². The van der Waals surface area contributed by atoms with Gasteiger partial charge >= 0.3 is 0 Å². The summed E-state index contributed by atoms with van der Waals surface area (Å²) in [5, 5.41) is 0. The van der Waals surface area contributed by atoms with Crippen molar-refractivity contribution in [1.29, 1.82) is 0 Å². The Labute approximate surface area is 148 Å². The summed E-state index contributed by atoms with van der Waals surface area (Å²) in [6.45, 7) is 4.88. The first-order chi connectivity index (χ1) is 11.9. The second-order valence-corrected chi connectivity index (χ2v) is 6.99. The van der Waals surface area contributed by atoms with Gasteiger partial charge in [-0.15, -0.1) is 0 Å². The molecule has 0 saturated carbocycles. The van der Waals surface area contributed by atoms with E-state index in [2.05, 4.69) is 4.72 Å². The number of para-hydroxylation sites is 2. The maximum absolute atomic E-state index is 12.7. The SMILES string of the molecule is CCN(CC)C(=O)c1cccc(S(=O)(=O)Nc2ccccc2OC)c1. The summed E-state index contributed by atoms with van der Waals surface area (Å²) in [5.74, 6) is 0.223. The van der Waals surface area contributed by atoms with Crippen molar-refractivity contribution in [3.05, 3.63) is 54.1 Å². The normalized spacial score (nSPS) is 11.0. The van der Waals surface area contributed by atoms with Crippen LogP contribution in [-0.2, 0) is 10.0 Å². The number of benzene rings is 2. The highest BCUT2D eigenvalue weighted by molar-refractivity contribution is 7.92. The molecule has 0 aliphatic heterocycles. The lowest BCUT2D eigenvalue weighted by molar-refractivity contribution is 0.0772. The zero-order chi connectivity index (χ0) is 18.4. The Morgan fingerprint density at radius 2 is 1.76 bits per heavy atom. The molecule has 1 amide bonds. The number of anilines is 1. The summed E-state index contributed by atoms with van der Waals surface area (Å²) >= 11 is 0. The van der Waals surface area contributed by atoms with Crippen molar-refractivity contribution in [2.24, 2.45) is 0 Å². The Bertz CT molecular complexity index is 846. The van der Waals surface area contributed by atoms with Gasteiger partial charge in [0.05, 0.1) is 17.7 Å². The number of nitrogens with zero attached hydrogens (tertiary/aromatic N) is 1. The van der Waals surface area contributed by atoms with Crippen molar-refractivity contribution in [3.8, 4) is 5.75 Å². The average molecular weight is 362 g/mol. The molecule has 0 aliphatic rings. The maximum Gasteiger partial charge on any atom is 0.262 e. The van der Waals surface area contributed by atoms with Crippen LogP contribution < -0.4 is 9.46 Å². The highest BCUT2D eigenvalue weighted by atomic mass is 32.2. The molecule has 0 fully saturated rings. The molecular weight excluding hydrogens is 340 g/mol. The second kappa shape index (κ2) is 8.02. The number of sulfonamides is 1. The first-order valence-corrected chi connectivity index (χ1v) is 9.46. The summed E-state index contributed by atoms with van der Waals surface area (Å²) in [7, 11) is -2.37. The van der Waals surface area contributed by atoms with E-state index in [1.165, 1.54) is 19.2 Å². The lowest BCUT2D eigenvalue weighted by Gasteiger charge is -2.19. The van der Waals surface area contributed by atoms with Gasteiger partial charge in [-0.2, -0.15) is 0 Å². The first kappa shape index (κ1) is 18.8. The molecule has 1 N–H and O–H groups in total. The molecule has 6 nitrogen and oxygen atoms in total. The predicted molar refractivity (Wildman–Crippen MR) is 97.5 cm³/mol. The number of ether oxygens (including phenoxy) is 1. The number of rotatable bonds is 7. The standard InChI is InChI=1S/C18H22N2O4S/c1-4-20(5-2)18(21)14-9-8-10-15(13-14)25(22,23)19-16-11-6-7-12-17(16)24-3/h6-13,19H,4-5H2,1-3H3. The number of methoxy groups -OCH3 is 1. The van der Waals surface area contributed by atoms with Crippen LogP contribution in [0.15, 0.2) is 53.4 Å². The molecule has 2 aromatic carbocycles. The maximum atomic E-state index is 12.7. The third-order valence-electron chi connectivity index (χ3n) is 3.79. The summed E-state index contributed by atoms with van der Waals surface area (Å²) in [4.78, 5) is 14.1. The first-order valence-electron chi connectivity index (χ1n) is 7.98. The molecule has 2 rings (SSSR count). The molecule has 2 aromatic rings. The molecule has 0 atom stereocenters. The van der Waals surface area contributed by atoms with Gasteiger partial charge in [-0.1, -0.05) is 18.2 Å². The lowest BCUT2D eigenvalue weighted by atomic mass is 10.2. The van der Waals surface area contributed by atoms with E-state index in [4.69, 9.17) is 4.74 Å². The molecule has 0 aliphatic carbocycles. The van der Waals surface area contributed by atoms with Gasteiger partial charge in [-0.25, -0.2) is 8.42 Å². The molecule has 0 radical (unpaired) electrons.